The zero-order valence-electron chi connectivity index (χ0n) is 17.1. The van der Waals surface area contributed by atoms with E-state index in [-0.39, 0.29) is 12.3 Å². The second-order valence-electron chi connectivity index (χ2n) is 7.15. The summed E-state index contributed by atoms with van der Waals surface area (Å²) in [5.41, 5.74) is 0.892. The highest BCUT2D eigenvalue weighted by Crippen LogP contribution is 2.30. The SMILES string of the molecule is CCOC(=O)c1cc(NC(=O)Nc2ccc(C(F)(F)F)cc2)ccc1N1CCCCC1. The monoisotopic (exact) mass is 435 g/mol. The van der Waals surface area contributed by atoms with E-state index in [0.717, 1.165) is 50.2 Å². The number of piperidine rings is 1. The van der Waals surface area contributed by atoms with Crippen LogP contribution in [0.4, 0.5) is 35.0 Å². The average molecular weight is 435 g/mol. The van der Waals surface area contributed by atoms with Crippen molar-refractivity contribution in [2.24, 2.45) is 0 Å². The highest BCUT2D eigenvalue weighted by Gasteiger charge is 2.30. The van der Waals surface area contributed by atoms with Gasteiger partial charge in [-0.25, -0.2) is 9.59 Å². The van der Waals surface area contributed by atoms with E-state index in [2.05, 4.69) is 15.5 Å². The zero-order chi connectivity index (χ0) is 22.4. The molecule has 1 saturated heterocycles. The van der Waals surface area contributed by atoms with Crippen LogP contribution in [-0.4, -0.2) is 31.7 Å². The van der Waals surface area contributed by atoms with E-state index in [1.54, 1.807) is 25.1 Å². The first-order valence-corrected chi connectivity index (χ1v) is 10.1. The molecule has 0 aliphatic carbocycles. The second kappa shape index (κ2) is 9.72. The molecule has 2 N–H and O–H groups in total. The highest BCUT2D eigenvalue weighted by molar-refractivity contribution is 6.02. The normalized spacial score (nSPS) is 14.1. The first kappa shape index (κ1) is 22.5. The van der Waals surface area contributed by atoms with E-state index in [1.807, 2.05) is 0 Å². The molecule has 0 radical (unpaired) electrons. The summed E-state index contributed by atoms with van der Waals surface area (Å²) in [6, 6.07) is 8.49. The van der Waals surface area contributed by atoms with Crippen LogP contribution in [0.5, 0.6) is 0 Å². The summed E-state index contributed by atoms with van der Waals surface area (Å²) in [6.45, 7) is 3.63. The van der Waals surface area contributed by atoms with E-state index in [1.165, 1.54) is 12.1 Å². The smallest absolute Gasteiger partial charge is 0.416 e. The van der Waals surface area contributed by atoms with Crippen LogP contribution in [0.2, 0.25) is 0 Å². The number of urea groups is 1. The first-order valence-electron chi connectivity index (χ1n) is 10.1. The molecule has 0 spiro atoms. The Morgan fingerprint density at radius 2 is 1.58 bits per heavy atom. The lowest BCUT2D eigenvalue weighted by Crippen LogP contribution is -2.31. The van der Waals surface area contributed by atoms with Crippen LogP contribution in [0.1, 0.15) is 42.1 Å². The van der Waals surface area contributed by atoms with E-state index in [0.29, 0.717) is 11.3 Å². The number of benzene rings is 2. The van der Waals surface area contributed by atoms with Gasteiger partial charge >= 0.3 is 18.2 Å². The van der Waals surface area contributed by atoms with Crippen molar-refractivity contribution in [2.75, 3.05) is 35.2 Å². The highest BCUT2D eigenvalue weighted by atomic mass is 19.4. The summed E-state index contributed by atoms with van der Waals surface area (Å²) in [5, 5.41) is 5.08. The van der Waals surface area contributed by atoms with Gasteiger partial charge in [-0.2, -0.15) is 13.2 Å². The lowest BCUT2D eigenvalue weighted by atomic mass is 10.1. The number of halogens is 3. The maximum Gasteiger partial charge on any atom is 0.416 e. The number of nitrogens with zero attached hydrogens (tertiary/aromatic N) is 1. The molecule has 3 rings (SSSR count). The number of amides is 2. The van der Waals surface area contributed by atoms with Crippen LogP contribution in [0.3, 0.4) is 0 Å². The Hall–Kier alpha value is -3.23. The molecule has 2 amide bonds. The molecule has 6 nitrogen and oxygen atoms in total. The summed E-state index contributed by atoms with van der Waals surface area (Å²) in [6.07, 6.45) is -1.22. The Morgan fingerprint density at radius 1 is 0.968 bits per heavy atom. The van der Waals surface area contributed by atoms with E-state index >= 15 is 0 Å². The molecule has 0 bridgehead atoms. The molecule has 0 unspecified atom stereocenters. The van der Waals surface area contributed by atoms with E-state index in [4.69, 9.17) is 4.74 Å². The summed E-state index contributed by atoms with van der Waals surface area (Å²) in [7, 11) is 0. The van der Waals surface area contributed by atoms with Gasteiger partial charge in [-0.1, -0.05) is 0 Å². The van der Waals surface area contributed by atoms with Crippen molar-refractivity contribution in [3.05, 3.63) is 53.6 Å². The number of anilines is 3. The van der Waals surface area contributed by atoms with Crippen molar-refractivity contribution in [2.45, 2.75) is 32.4 Å². The largest absolute Gasteiger partial charge is 0.462 e. The van der Waals surface area contributed by atoms with Gasteiger partial charge in [0.05, 0.1) is 23.4 Å². The predicted octanol–water partition coefficient (Wildman–Crippen LogP) is 5.52. The van der Waals surface area contributed by atoms with Crippen LogP contribution in [-0.2, 0) is 10.9 Å². The second-order valence-corrected chi connectivity index (χ2v) is 7.15. The Labute approximate surface area is 178 Å². The van der Waals surface area contributed by atoms with Crippen molar-refractivity contribution < 1.29 is 27.5 Å². The molecule has 2 aromatic rings. The molecule has 1 heterocycles. The molecule has 0 atom stereocenters. The van der Waals surface area contributed by atoms with Crippen molar-refractivity contribution in [3.8, 4) is 0 Å². The third-order valence-electron chi connectivity index (χ3n) is 4.92. The number of alkyl halides is 3. The maximum atomic E-state index is 12.7. The number of carbonyl (C=O) groups is 2. The van der Waals surface area contributed by atoms with Crippen molar-refractivity contribution in [1.82, 2.24) is 0 Å². The fourth-order valence-corrected chi connectivity index (χ4v) is 3.43. The molecule has 9 heteroatoms. The van der Waals surface area contributed by atoms with E-state index in [9.17, 15) is 22.8 Å². The Kier molecular flexibility index (Phi) is 7.04. The van der Waals surface area contributed by atoms with Gasteiger partial charge in [-0.15, -0.1) is 0 Å². The van der Waals surface area contributed by atoms with Crippen LogP contribution in [0.15, 0.2) is 42.5 Å². The molecular weight excluding hydrogens is 411 g/mol. The fourth-order valence-electron chi connectivity index (χ4n) is 3.43. The van der Waals surface area contributed by atoms with Crippen LogP contribution >= 0.6 is 0 Å². The standard InChI is InChI=1S/C22H24F3N3O3/c1-2-31-20(29)18-14-17(10-11-19(18)28-12-4-3-5-13-28)27-21(30)26-16-8-6-15(7-9-16)22(23,24)25/h6-11,14H,2-5,12-13H2,1H3,(H2,26,27,30). The van der Waals surface area contributed by atoms with E-state index < -0.39 is 23.7 Å². The number of esters is 1. The zero-order valence-corrected chi connectivity index (χ0v) is 17.1. The Bertz CT molecular complexity index is 924. The predicted molar refractivity (Wildman–Crippen MR) is 113 cm³/mol. The number of ether oxygens (including phenoxy) is 1. The molecule has 1 aliphatic rings. The molecule has 31 heavy (non-hydrogen) atoms. The fraction of sp³-hybridized carbons (Fsp3) is 0.364. The quantitative estimate of drug-likeness (QED) is 0.607. The lowest BCUT2D eigenvalue weighted by Gasteiger charge is -2.30. The van der Waals surface area contributed by atoms with Crippen LogP contribution in [0.25, 0.3) is 0 Å². The maximum absolute atomic E-state index is 12.7. The molecule has 0 aromatic heterocycles. The lowest BCUT2D eigenvalue weighted by molar-refractivity contribution is -0.137. The van der Waals surface area contributed by atoms with Crippen molar-refractivity contribution in [1.29, 1.82) is 0 Å². The van der Waals surface area contributed by atoms with Crippen molar-refractivity contribution in [3.63, 3.8) is 0 Å². The van der Waals surface area contributed by atoms with Gasteiger partial charge in [-0.05, 0) is 68.7 Å². The Balaban J connectivity index is 1.73. The molecule has 1 aliphatic heterocycles. The van der Waals surface area contributed by atoms with Crippen LogP contribution in [0, 0.1) is 0 Å². The van der Waals surface area contributed by atoms with Gasteiger partial charge < -0.3 is 20.3 Å². The molecular formula is C22H24F3N3O3. The summed E-state index contributed by atoms with van der Waals surface area (Å²) >= 11 is 0. The number of hydrogen-bond acceptors (Lipinski definition) is 4. The molecule has 1 fully saturated rings. The third-order valence-corrected chi connectivity index (χ3v) is 4.92. The first-order chi connectivity index (χ1) is 14.8. The minimum Gasteiger partial charge on any atom is -0.462 e. The molecule has 0 saturated carbocycles. The summed E-state index contributed by atoms with van der Waals surface area (Å²) in [4.78, 5) is 26.9. The number of carbonyl (C=O) groups excluding carboxylic acids is 2. The molecule has 2 aromatic carbocycles. The summed E-state index contributed by atoms with van der Waals surface area (Å²) < 4.78 is 43.1. The van der Waals surface area contributed by atoms with Gasteiger partial charge in [0, 0.05) is 24.5 Å². The average Bonchev–Trinajstić information content (AvgIpc) is 2.74. The van der Waals surface area contributed by atoms with Crippen LogP contribution < -0.4 is 15.5 Å². The number of hydrogen-bond donors (Lipinski definition) is 2. The minimum absolute atomic E-state index is 0.209. The topological polar surface area (TPSA) is 70.7 Å². The van der Waals surface area contributed by atoms with Gasteiger partial charge in [0.2, 0.25) is 0 Å². The van der Waals surface area contributed by atoms with Gasteiger partial charge in [0.1, 0.15) is 0 Å². The summed E-state index contributed by atoms with van der Waals surface area (Å²) in [5.74, 6) is -0.477. The molecule has 166 valence electrons. The third kappa shape index (κ3) is 5.90. The van der Waals surface area contributed by atoms with Gasteiger partial charge in [-0.3, -0.25) is 0 Å². The Morgan fingerprint density at radius 3 is 2.19 bits per heavy atom. The number of nitrogens with one attached hydrogen (secondary N) is 2. The van der Waals surface area contributed by atoms with Gasteiger partial charge in [0.15, 0.2) is 0 Å². The van der Waals surface area contributed by atoms with Crippen molar-refractivity contribution >= 4 is 29.1 Å². The number of rotatable bonds is 5. The van der Waals surface area contributed by atoms with Gasteiger partial charge in [0.25, 0.3) is 0 Å². The minimum atomic E-state index is -4.44.